The number of fused-ring (bicyclic) bond motifs is 1. The number of benzene rings is 1. The maximum atomic E-state index is 15.6. The number of aromatic nitrogens is 3. The van der Waals surface area contributed by atoms with E-state index in [2.05, 4.69) is 68.9 Å². The van der Waals surface area contributed by atoms with Gasteiger partial charge in [-0.15, -0.1) is 6.07 Å². The number of halogens is 2. The Bertz CT molecular complexity index is 1300. The maximum Gasteiger partial charge on any atom is 1.00 e. The van der Waals surface area contributed by atoms with Gasteiger partial charge in [-0.05, 0) is 77.6 Å². The summed E-state index contributed by atoms with van der Waals surface area (Å²) in [6, 6.07) is 9.79. The fraction of sp³-hybridized carbons (Fsp3) is 0.581. The van der Waals surface area contributed by atoms with E-state index in [4.69, 9.17) is 0 Å². The van der Waals surface area contributed by atoms with Crippen LogP contribution >= 0.6 is 0 Å². The van der Waals surface area contributed by atoms with Gasteiger partial charge < -0.3 is 20.1 Å². The molecule has 1 N–H and O–H groups in total. The van der Waals surface area contributed by atoms with Crippen molar-refractivity contribution in [3.63, 3.8) is 0 Å². The number of hydrogen-bond donors (Lipinski definition) is 1. The molecule has 216 valence electrons. The zero-order valence-corrected chi connectivity index (χ0v) is 27.4. The van der Waals surface area contributed by atoms with E-state index in [9.17, 15) is 0 Å². The van der Waals surface area contributed by atoms with Crippen LogP contribution < -0.4 is 39.8 Å². The molecule has 2 fully saturated rings. The Labute approximate surface area is 265 Å². The molecule has 3 aromatic rings. The summed E-state index contributed by atoms with van der Waals surface area (Å²) in [5.74, 6) is -2.24. The molecular weight excluding hydrogens is 531 g/mol. The van der Waals surface area contributed by atoms with Crippen molar-refractivity contribution in [2.75, 3.05) is 49.5 Å². The maximum absolute atomic E-state index is 15.6. The van der Waals surface area contributed by atoms with Crippen molar-refractivity contribution in [2.45, 2.75) is 72.0 Å². The monoisotopic (exact) mass is 573 g/mol. The van der Waals surface area contributed by atoms with Crippen LogP contribution in [0.2, 0.25) is 0 Å². The van der Waals surface area contributed by atoms with Crippen molar-refractivity contribution in [3.05, 3.63) is 53.5 Å². The summed E-state index contributed by atoms with van der Waals surface area (Å²) in [6.45, 7) is 16.2. The molecule has 1 aromatic carbocycles. The molecule has 0 unspecified atom stereocenters. The molecule has 0 saturated carbocycles. The van der Waals surface area contributed by atoms with Gasteiger partial charge in [0.2, 0.25) is 0 Å². The molecule has 10 heteroatoms. The second kappa shape index (κ2) is 13.6. The smallest absolute Gasteiger partial charge is 0.390 e. The molecule has 7 nitrogen and oxygen atoms in total. The third-order valence-corrected chi connectivity index (χ3v) is 8.52. The molecule has 0 bridgehead atoms. The fourth-order valence-corrected chi connectivity index (χ4v) is 5.93. The number of rotatable bonds is 8. The molecule has 5 rings (SSSR count). The van der Waals surface area contributed by atoms with Crippen molar-refractivity contribution >= 4 is 22.5 Å². The first-order valence-electron chi connectivity index (χ1n) is 14.6. The first-order chi connectivity index (χ1) is 19.1. The minimum absolute atomic E-state index is 0. The quantitative estimate of drug-likeness (QED) is 0.328. The molecule has 2 aliphatic heterocycles. The van der Waals surface area contributed by atoms with E-state index in [0.29, 0.717) is 48.8 Å². The molecule has 2 saturated heterocycles. The third kappa shape index (κ3) is 7.36. The van der Waals surface area contributed by atoms with E-state index >= 15 is 8.78 Å². The molecule has 0 atom stereocenters. The van der Waals surface area contributed by atoms with Crippen LogP contribution in [0, 0.1) is 19.0 Å². The van der Waals surface area contributed by atoms with Crippen LogP contribution in [0.15, 0.2) is 30.3 Å². The van der Waals surface area contributed by atoms with Crippen molar-refractivity contribution in [2.24, 2.45) is 5.92 Å². The normalized spacial score (nSPS) is 17.8. The first kappa shape index (κ1) is 32.0. The predicted octanol–water partition coefficient (Wildman–Crippen LogP) is 2.49. The molecule has 2 aliphatic rings. The van der Waals surface area contributed by atoms with Gasteiger partial charge in [-0.2, -0.15) is 0 Å². The Morgan fingerprint density at radius 2 is 1.61 bits per heavy atom. The van der Waals surface area contributed by atoms with Crippen molar-refractivity contribution in [3.8, 4) is 0 Å². The molecule has 0 radical (unpaired) electrons. The molecule has 41 heavy (non-hydrogen) atoms. The molecule has 0 spiro atoms. The van der Waals surface area contributed by atoms with Gasteiger partial charge in [0.1, 0.15) is 11.6 Å². The first-order valence-corrected chi connectivity index (χ1v) is 14.6. The van der Waals surface area contributed by atoms with Crippen LogP contribution in [-0.2, 0) is 12.5 Å². The van der Waals surface area contributed by atoms with Gasteiger partial charge in [-0.1, -0.05) is 30.1 Å². The van der Waals surface area contributed by atoms with E-state index in [1.807, 2.05) is 19.1 Å². The summed E-state index contributed by atoms with van der Waals surface area (Å²) in [4.78, 5) is 20.7. The Kier molecular flexibility index (Phi) is 10.6. The van der Waals surface area contributed by atoms with Crippen LogP contribution in [0.4, 0.5) is 20.3 Å². The van der Waals surface area contributed by atoms with Gasteiger partial charge in [-0.25, -0.2) is 13.8 Å². The van der Waals surface area contributed by atoms with Crippen LogP contribution in [0.1, 0.15) is 57.5 Å². The largest absolute Gasteiger partial charge is 1.00 e. The summed E-state index contributed by atoms with van der Waals surface area (Å²) in [7, 11) is 0. The SMILES string of the molecule is Cc1nc(NCc2cccc(C(F)(F)C3CCN(C(C)C)CC3)c2)c2cc(N3CCN(C(C)C)CC3)[c-]nc2n1.[Na+]. The number of hydrogen-bond acceptors (Lipinski definition) is 7. The molecule has 0 aliphatic carbocycles. The number of anilines is 2. The second-order valence-electron chi connectivity index (χ2n) is 11.8. The predicted molar refractivity (Wildman–Crippen MR) is 157 cm³/mol. The Morgan fingerprint density at radius 1 is 0.951 bits per heavy atom. The molecule has 0 amide bonds. The topological polar surface area (TPSA) is 60.4 Å². The average Bonchev–Trinajstić information content (AvgIpc) is 2.96. The van der Waals surface area contributed by atoms with Crippen molar-refractivity contribution in [1.29, 1.82) is 0 Å². The number of likely N-dealkylation sites (tertiary alicyclic amines) is 1. The van der Waals surface area contributed by atoms with Gasteiger partial charge in [0.25, 0.3) is 5.92 Å². The summed E-state index contributed by atoms with van der Waals surface area (Å²) in [5.41, 5.74) is 2.39. The van der Waals surface area contributed by atoms with Gasteiger partial charge >= 0.3 is 29.6 Å². The van der Waals surface area contributed by atoms with E-state index in [1.54, 1.807) is 18.2 Å². The number of nitrogens with zero attached hydrogens (tertiary/aromatic N) is 6. The van der Waals surface area contributed by atoms with E-state index in [-0.39, 0.29) is 35.1 Å². The van der Waals surface area contributed by atoms with Gasteiger partial charge in [0, 0.05) is 56.3 Å². The van der Waals surface area contributed by atoms with Gasteiger partial charge in [0.05, 0.1) is 5.65 Å². The number of pyridine rings is 1. The van der Waals surface area contributed by atoms with Crippen LogP contribution in [0.25, 0.3) is 11.0 Å². The molecule has 2 aromatic heterocycles. The minimum atomic E-state index is -2.86. The molecule has 4 heterocycles. The van der Waals surface area contributed by atoms with Crippen LogP contribution in [0.5, 0.6) is 0 Å². The van der Waals surface area contributed by atoms with Crippen molar-refractivity contribution in [1.82, 2.24) is 24.8 Å². The average molecular weight is 574 g/mol. The fourth-order valence-electron chi connectivity index (χ4n) is 5.93. The number of alkyl halides is 2. The number of piperazine rings is 1. The summed E-state index contributed by atoms with van der Waals surface area (Å²) in [6.07, 6.45) is 4.20. The number of nitrogens with one attached hydrogen (secondary N) is 1. The molecular formula is C31H42F2N7Na. The second-order valence-corrected chi connectivity index (χ2v) is 11.8. The van der Waals surface area contributed by atoms with E-state index < -0.39 is 11.8 Å². The van der Waals surface area contributed by atoms with E-state index in [0.717, 1.165) is 55.9 Å². The third-order valence-electron chi connectivity index (χ3n) is 8.52. The zero-order valence-electron chi connectivity index (χ0n) is 25.4. The number of piperidine rings is 1. The van der Waals surface area contributed by atoms with Gasteiger partial charge in [0.15, 0.2) is 0 Å². The van der Waals surface area contributed by atoms with E-state index in [1.165, 1.54) is 0 Å². The summed E-state index contributed by atoms with van der Waals surface area (Å²) >= 11 is 0. The van der Waals surface area contributed by atoms with Crippen LogP contribution in [-0.4, -0.2) is 76.1 Å². The summed E-state index contributed by atoms with van der Waals surface area (Å²) < 4.78 is 31.2. The Balaban J connectivity index is 0.00000387. The number of aryl methyl sites for hydroxylation is 1. The Morgan fingerprint density at radius 3 is 2.27 bits per heavy atom. The van der Waals surface area contributed by atoms with Gasteiger partial charge in [-0.3, -0.25) is 9.88 Å². The van der Waals surface area contributed by atoms with Crippen molar-refractivity contribution < 1.29 is 38.3 Å². The summed E-state index contributed by atoms with van der Waals surface area (Å²) in [5, 5.41) is 4.20. The Hall–Kier alpha value is -1.91. The standard InChI is InChI=1S/C31H42F2N7.Na/c1-21(2)38-11-9-25(10-12-38)31(32,33)26-8-6-7-24(17-26)19-34-29-28-18-27(20-35-30(28)37-23(5)36-29)40-15-13-39(14-16-40)22(3)4;/h6-8,17-18,21-22,25H,9-16,19H2,1-5H3,(H,34,35,36,37);/q-1;+1. The minimum Gasteiger partial charge on any atom is -0.390 e. The van der Waals surface area contributed by atoms with Crippen LogP contribution in [0.3, 0.4) is 0 Å². The zero-order chi connectivity index (χ0) is 28.4.